The number of aryl methyl sites for hydroxylation is 1. The molecule has 2 aromatic rings. The second-order valence-corrected chi connectivity index (χ2v) is 6.96. The lowest BCUT2D eigenvalue weighted by Crippen LogP contribution is -2.48. The molecule has 1 saturated heterocycles. The SMILES string of the molecule is Cc1cc(NC(=O)CN2CCN(Cc3ccc4c(c3)CCO4)CC2)no1. The molecule has 26 heavy (non-hydrogen) atoms. The van der Waals surface area contributed by atoms with Crippen LogP contribution in [0.2, 0.25) is 0 Å². The standard InChI is InChI=1S/C19H24N4O3/c1-14-10-18(21-26-14)20-19(24)13-23-7-5-22(6-8-23)12-15-2-3-17-16(11-15)4-9-25-17/h2-3,10-11H,4-9,12-13H2,1H3,(H,20,21,24). The van der Waals surface area contributed by atoms with Gasteiger partial charge in [-0.05, 0) is 24.1 Å². The first-order chi connectivity index (χ1) is 12.7. The molecule has 1 aromatic heterocycles. The molecule has 3 heterocycles. The molecule has 0 bridgehead atoms. The maximum atomic E-state index is 12.1. The molecule has 138 valence electrons. The normalized spacial score (nSPS) is 17.7. The minimum atomic E-state index is -0.0506. The van der Waals surface area contributed by atoms with Crippen molar-refractivity contribution >= 4 is 11.7 Å². The number of nitrogens with one attached hydrogen (secondary N) is 1. The van der Waals surface area contributed by atoms with Gasteiger partial charge in [-0.3, -0.25) is 14.6 Å². The number of amides is 1. The van der Waals surface area contributed by atoms with Gasteiger partial charge in [0.05, 0.1) is 13.2 Å². The topological polar surface area (TPSA) is 70.8 Å². The van der Waals surface area contributed by atoms with E-state index in [1.54, 1.807) is 13.0 Å². The van der Waals surface area contributed by atoms with Crippen molar-refractivity contribution in [2.45, 2.75) is 19.9 Å². The van der Waals surface area contributed by atoms with Crippen LogP contribution in [0.25, 0.3) is 0 Å². The molecule has 1 aromatic carbocycles. The molecule has 0 spiro atoms. The number of hydrogen-bond donors (Lipinski definition) is 1. The maximum Gasteiger partial charge on any atom is 0.239 e. The van der Waals surface area contributed by atoms with Crippen LogP contribution in [0.15, 0.2) is 28.8 Å². The number of ether oxygens (including phenoxy) is 1. The van der Waals surface area contributed by atoms with Crippen molar-refractivity contribution in [1.82, 2.24) is 15.0 Å². The van der Waals surface area contributed by atoms with E-state index in [9.17, 15) is 4.79 Å². The van der Waals surface area contributed by atoms with E-state index < -0.39 is 0 Å². The Morgan fingerprint density at radius 1 is 1.19 bits per heavy atom. The average Bonchev–Trinajstić information content (AvgIpc) is 3.25. The summed E-state index contributed by atoms with van der Waals surface area (Å²) in [5.74, 6) is 2.15. The average molecular weight is 356 g/mol. The molecule has 0 radical (unpaired) electrons. The third kappa shape index (κ3) is 4.05. The molecule has 7 nitrogen and oxygen atoms in total. The second kappa shape index (κ2) is 7.47. The lowest BCUT2D eigenvalue weighted by molar-refractivity contribution is -0.117. The predicted molar refractivity (Wildman–Crippen MR) is 97.2 cm³/mol. The highest BCUT2D eigenvalue weighted by atomic mass is 16.5. The number of rotatable bonds is 5. The minimum absolute atomic E-state index is 0.0506. The Labute approximate surface area is 152 Å². The Morgan fingerprint density at radius 3 is 2.77 bits per heavy atom. The molecule has 1 amide bonds. The van der Waals surface area contributed by atoms with Crippen LogP contribution in [-0.2, 0) is 17.8 Å². The molecule has 0 saturated carbocycles. The number of anilines is 1. The zero-order chi connectivity index (χ0) is 17.9. The fourth-order valence-electron chi connectivity index (χ4n) is 3.51. The van der Waals surface area contributed by atoms with Gasteiger partial charge < -0.3 is 14.6 Å². The number of fused-ring (bicyclic) bond motifs is 1. The highest BCUT2D eigenvalue weighted by molar-refractivity contribution is 5.91. The van der Waals surface area contributed by atoms with Gasteiger partial charge in [-0.1, -0.05) is 17.3 Å². The van der Waals surface area contributed by atoms with E-state index in [1.165, 1.54) is 11.1 Å². The molecule has 0 aliphatic carbocycles. The van der Waals surface area contributed by atoms with Crippen LogP contribution in [0.1, 0.15) is 16.9 Å². The maximum absolute atomic E-state index is 12.1. The van der Waals surface area contributed by atoms with Crippen molar-refractivity contribution in [3.8, 4) is 5.75 Å². The van der Waals surface area contributed by atoms with Gasteiger partial charge in [0.1, 0.15) is 11.5 Å². The largest absolute Gasteiger partial charge is 0.493 e. The number of piperazine rings is 1. The molecule has 7 heteroatoms. The highest BCUT2D eigenvalue weighted by Crippen LogP contribution is 2.26. The van der Waals surface area contributed by atoms with Crippen LogP contribution in [0, 0.1) is 6.92 Å². The predicted octanol–water partition coefficient (Wildman–Crippen LogP) is 1.67. The number of benzene rings is 1. The number of nitrogens with zero attached hydrogens (tertiary/aromatic N) is 3. The van der Waals surface area contributed by atoms with Gasteiger partial charge in [-0.15, -0.1) is 0 Å². The molecule has 2 aliphatic heterocycles. The van der Waals surface area contributed by atoms with Crippen LogP contribution in [0.3, 0.4) is 0 Å². The van der Waals surface area contributed by atoms with Crippen LogP contribution in [0.5, 0.6) is 5.75 Å². The molecule has 2 aliphatic rings. The van der Waals surface area contributed by atoms with Crippen molar-refractivity contribution < 1.29 is 14.1 Å². The number of carbonyl (C=O) groups excluding carboxylic acids is 1. The Kier molecular flexibility index (Phi) is 4.90. The fraction of sp³-hybridized carbons (Fsp3) is 0.474. The summed E-state index contributed by atoms with van der Waals surface area (Å²) in [6.45, 7) is 7.64. The first-order valence-electron chi connectivity index (χ1n) is 9.08. The second-order valence-electron chi connectivity index (χ2n) is 6.96. The highest BCUT2D eigenvalue weighted by Gasteiger charge is 2.20. The lowest BCUT2D eigenvalue weighted by atomic mass is 10.1. The summed E-state index contributed by atoms with van der Waals surface area (Å²) >= 11 is 0. The smallest absolute Gasteiger partial charge is 0.239 e. The van der Waals surface area contributed by atoms with Gasteiger partial charge in [0.2, 0.25) is 5.91 Å². The molecule has 0 atom stereocenters. The summed E-state index contributed by atoms with van der Waals surface area (Å²) in [6, 6.07) is 8.23. The zero-order valence-corrected chi connectivity index (χ0v) is 15.0. The molecular formula is C19H24N4O3. The Balaban J connectivity index is 1.23. The van der Waals surface area contributed by atoms with Gasteiger partial charge in [0, 0.05) is 45.2 Å². The molecule has 1 fully saturated rings. The van der Waals surface area contributed by atoms with E-state index in [0.717, 1.165) is 51.5 Å². The summed E-state index contributed by atoms with van der Waals surface area (Å²) < 4.78 is 10.5. The van der Waals surface area contributed by atoms with Crippen LogP contribution < -0.4 is 10.1 Å². The quantitative estimate of drug-likeness (QED) is 0.879. The first-order valence-corrected chi connectivity index (χ1v) is 9.08. The van der Waals surface area contributed by atoms with Crippen molar-refractivity contribution in [2.24, 2.45) is 0 Å². The summed E-state index contributed by atoms with van der Waals surface area (Å²) in [4.78, 5) is 16.7. The van der Waals surface area contributed by atoms with E-state index in [-0.39, 0.29) is 5.91 Å². The lowest BCUT2D eigenvalue weighted by Gasteiger charge is -2.34. The van der Waals surface area contributed by atoms with Crippen molar-refractivity contribution in [3.05, 3.63) is 41.2 Å². The summed E-state index contributed by atoms with van der Waals surface area (Å²) in [5, 5.41) is 6.56. The first kappa shape index (κ1) is 17.1. The fourth-order valence-corrected chi connectivity index (χ4v) is 3.51. The van der Waals surface area contributed by atoms with Gasteiger partial charge in [0.25, 0.3) is 0 Å². The number of carbonyl (C=O) groups is 1. The third-order valence-corrected chi connectivity index (χ3v) is 4.89. The van der Waals surface area contributed by atoms with E-state index in [2.05, 4.69) is 38.5 Å². The van der Waals surface area contributed by atoms with Crippen LogP contribution in [-0.4, -0.2) is 60.2 Å². The third-order valence-electron chi connectivity index (χ3n) is 4.89. The van der Waals surface area contributed by atoms with Crippen LogP contribution in [0.4, 0.5) is 5.82 Å². The summed E-state index contributed by atoms with van der Waals surface area (Å²) in [6.07, 6.45) is 1.01. The monoisotopic (exact) mass is 356 g/mol. The molecule has 1 N–H and O–H groups in total. The van der Waals surface area contributed by atoms with Crippen molar-refractivity contribution in [1.29, 1.82) is 0 Å². The van der Waals surface area contributed by atoms with Gasteiger partial charge in [-0.2, -0.15) is 0 Å². The van der Waals surface area contributed by atoms with Gasteiger partial charge >= 0.3 is 0 Å². The van der Waals surface area contributed by atoms with Crippen LogP contribution >= 0.6 is 0 Å². The van der Waals surface area contributed by atoms with E-state index in [4.69, 9.17) is 9.26 Å². The zero-order valence-electron chi connectivity index (χ0n) is 15.0. The summed E-state index contributed by atoms with van der Waals surface area (Å²) in [7, 11) is 0. The van der Waals surface area contributed by atoms with Crippen molar-refractivity contribution in [3.63, 3.8) is 0 Å². The Morgan fingerprint density at radius 2 is 2.00 bits per heavy atom. The Bertz CT molecular complexity index is 781. The minimum Gasteiger partial charge on any atom is -0.493 e. The number of aromatic nitrogens is 1. The molecule has 0 unspecified atom stereocenters. The van der Waals surface area contributed by atoms with Gasteiger partial charge in [0.15, 0.2) is 5.82 Å². The summed E-state index contributed by atoms with van der Waals surface area (Å²) in [5.41, 5.74) is 2.66. The van der Waals surface area contributed by atoms with E-state index >= 15 is 0 Å². The Hall–Kier alpha value is -2.38. The van der Waals surface area contributed by atoms with E-state index in [1.807, 2.05) is 0 Å². The molecule has 4 rings (SSSR count). The number of hydrogen-bond acceptors (Lipinski definition) is 6. The molecular weight excluding hydrogens is 332 g/mol. The van der Waals surface area contributed by atoms with E-state index in [0.29, 0.717) is 18.1 Å². The van der Waals surface area contributed by atoms with Gasteiger partial charge in [-0.25, -0.2) is 0 Å². The van der Waals surface area contributed by atoms with Crippen molar-refractivity contribution in [2.75, 3.05) is 44.6 Å².